The van der Waals surface area contributed by atoms with Crippen LogP contribution in [0.5, 0.6) is 17.2 Å². The zero-order valence-corrected chi connectivity index (χ0v) is 22.3. The number of carbonyl (C=O) groups is 1. The minimum atomic E-state index is -0.207. The van der Waals surface area contributed by atoms with E-state index in [1.165, 1.54) is 14.2 Å². The Labute approximate surface area is 222 Å². The average molecular weight is 522 g/mol. The van der Waals surface area contributed by atoms with Crippen molar-refractivity contribution in [2.24, 2.45) is 5.92 Å². The van der Waals surface area contributed by atoms with E-state index in [0.29, 0.717) is 48.3 Å². The average Bonchev–Trinajstić information content (AvgIpc) is 3.30. The summed E-state index contributed by atoms with van der Waals surface area (Å²) in [5.41, 5.74) is 3.87. The van der Waals surface area contributed by atoms with Crippen molar-refractivity contribution in [3.8, 4) is 17.2 Å². The van der Waals surface area contributed by atoms with Crippen molar-refractivity contribution in [1.82, 2.24) is 14.9 Å². The molecular formula is C29H32ClN3O4. The van der Waals surface area contributed by atoms with Gasteiger partial charge in [-0.3, -0.25) is 4.79 Å². The second-order valence-corrected chi connectivity index (χ2v) is 9.75. The van der Waals surface area contributed by atoms with Crippen molar-refractivity contribution in [1.29, 1.82) is 0 Å². The summed E-state index contributed by atoms with van der Waals surface area (Å²) < 4.78 is 10.7. The summed E-state index contributed by atoms with van der Waals surface area (Å²) in [7, 11) is 3.02. The maximum atomic E-state index is 13.7. The molecule has 0 aliphatic heterocycles. The largest absolute Gasteiger partial charge is 0.508 e. The van der Waals surface area contributed by atoms with Gasteiger partial charge in [0.2, 0.25) is 0 Å². The highest BCUT2D eigenvalue weighted by molar-refractivity contribution is 6.35. The topological polar surface area (TPSA) is 87.7 Å². The van der Waals surface area contributed by atoms with Crippen LogP contribution in [0, 0.1) is 5.92 Å². The quantitative estimate of drug-likeness (QED) is 0.259. The highest BCUT2D eigenvalue weighted by Crippen LogP contribution is 2.38. The molecule has 1 heterocycles. The summed E-state index contributed by atoms with van der Waals surface area (Å²) in [5.74, 6) is 1.93. The van der Waals surface area contributed by atoms with Crippen molar-refractivity contribution < 1.29 is 19.4 Å². The van der Waals surface area contributed by atoms with Gasteiger partial charge in [-0.15, -0.1) is 0 Å². The number of phenols is 1. The molecule has 0 atom stereocenters. The highest BCUT2D eigenvalue weighted by Gasteiger charge is 2.24. The second kappa shape index (κ2) is 11.6. The van der Waals surface area contributed by atoms with Crippen molar-refractivity contribution >= 4 is 28.5 Å². The third kappa shape index (κ3) is 5.83. The number of carbonyl (C=O) groups excluding carboxylic acids is 1. The predicted molar refractivity (Wildman–Crippen MR) is 146 cm³/mol. The van der Waals surface area contributed by atoms with Crippen LogP contribution in [-0.2, 0) is 13.0 Å². The molecule has 194 valence electrons. The molecule has 37 heavy (non-hydrogen) atoms. The number of aromatic hydroxyl groups is 1. The van der Waals surface area contributed by atoms with Crippen molar-refractivity contribution in [3.63, 3.8) is 0 Å². The lowest BCUT2D eigenvalue weighted by Gasteiger charge is -2.24. The van der Waals surface area contributed by atoms with E-state index >= 15 is 0 Å². The van der Waals surface area contributed by atoms with E-state index in [4.69, 9.17) is 26.1 Å². The van der Waals surface area contributed by atoms with E-state index in [2.05, 4.69) is 18.8 Å². The van der Waals surface area contributed by atoms with Crippen LogP contribution < -0.4 is 9.47 Å². The van der Waals surface area contributed by atoms with Gasteiger partial charge in [-0.1, -0.05) is 55.8 Å². The summed E-state index contributed by atoms with van der Waals surface area (Å²) in [6, 6.07) is 16.6. The van der Waals surface area contributed by atoms with Crippen molar-refractivity contribution in [3.05, 3.63) is 82.1 Å². The Hall–Kier alpha value is -3.71. The first-order valence-corrected chi connectivity index (χ1v) is 12.6. The zero-order chi connectivity index (χ0) is 26.5. The molecule has 0 saturated heterocycles. The highest BCUT2D eigenvalue weighted by atomic mass is 35.5. The minimum absolute atomic E-state index is 0.207. The summed E-state index contributed by atoms with van der Waals surface area (Å²) in [6.45, 7) is 5.08. The number of halogens is 1. The van der Waals surface area contributed by atoms with Crippen LogP contribution in [0.3, 0.4) is 0 Å². The molecule has 4 rings (SSSR count). The zero-order valence-electron chi connectivity index (χ0n) is 21.5. The molecule has 2 N–H and O–H groups in total. The van der Waals surface area contributed by atoms with Crippen LogP contribution in [0.1, 0.15) is 47.6 Å². The van der Waals surface area contributed by atoms with Crippen molar-refractivity contribution in [2.75, 3.05) is 20.8 Å². The van der Waals surface area contributed by atoms with Gasteiger partial charge < -0.3 is 24.5 Å². The number of amides is 1. The molecule has 0 unspecified atom stereocenters. The molecule has 0 bridgehead atoms. The molecule has 8 heteroatoms. The number of rotatable bonds is 10. The second-order valence-electron chi connectivity index (χ2n) is 9.37. The number of ether oxygens (including phenoxy) is 2. The normalized spacial score (nSPS) is 11.2. The van der Waals surface area contributed by atoms with E-state index in [1.54, 1.807) is 29.2 Å². The van der Waals surface area contributed by atoms with E-state index in [1.807, 2.05) is 30.3 Å². The molecule has 0 aliphatic rings. The molecule has 4 aromatic rings. The van der Waals surface area contributed by atoms with Gasteiger partial charge in [-0.05, 0) is 47.7 Å². The first-order chi connectivity index (χ1) is 17.8. The van der Waals surface area contributed by atoms with Gasteiger partial charge in [0.15, 0.2) is 11.5 Å². The van der Waals surface area contributed by atoms with Crippen LogP contribution in [-0.4, -0.2) is 46.6 Å². The third-order valence-corrected chi connectivity index (χ3v) is 6.71. The minimum Gasteiger partial charge on any atom is -0.508 e. The fourth-order valence-corrected chi connectivity index (χ4v) is 4.61. The smallest absolute Gasteiger partial charge is 0.255 e. The monoisotopic (exact) mass is 521 g/mol. The number of hydrogen-bond donors (Lipinski definition) is 2. The first kappa shape index (κ1) is 26.4. The number of nitrogens with zero attached hydrogens (tertiary/aromatic N) is 2. The van der Waals surface area contributed by atoms with Crippen LogP contribution >= 0.6 is 11.6 Å². The Kier molecular flexibility index (Phi) is 8.24. The number of methoxy groups -OCH3 is 2. The lowest BCUT2D eigenvalue weighted by atomic mass is 10.0. The Morgan fingerprint density at radius 3 is 2.51 bits per heavy atom. The summed E-state index contributed by atoms with van der Waals surface area (Å²) in [4.78, 5) is 23.7. The van der Waals surface area contributed by atoms with E-state index in [9.17, 15) is 9.90 Å². The Bertz CT molecular complexity index is 1400. The fraction of sp³-hybridized carbons (Fsp3) is 0.310. The van der Waals surface area contributed by atoms with Gasteiger partial charge in [-0.2, -0.15) is 0 Å². The van der Waals surface area contributed by atoms with Crippen molar-refractivity contribution in [2.45, 2.75) is 33.2 Å². The first-order valence-electron chi connectivity index (χ1n) is 12.3. The maximum absolute atomic E-state index is 13.7. The molecule has 0 spiro atoms. The van der Waals surface area contributed by atoms with Crippen LogP contribution in [0.4, 0.5) is 0 Å². The molecule has 7 nitrogen and oxygen atoms in total. The number of imidazole rings is 1. The Morgan fingerprint density at radius 1 is 1.05 bits per heavy atom. The van der Waals surface area contributed by atoms with E-state index in [-0.39, 0.29) is 16.7 Å². The summed E-state index contributed by atoms with van der Waals surface area (Å²) >= 11 is 6.58. The molecule has 3 aromatic carbocycles. The van der Waals surface area contributed by atoms with E-state index < -0.39 is 0 Å². The fourth-order valence-electron chi connectivity index (χ4n) is 4.30. The van der Waals surface area contributed by atoms with Crippen LogP contribution in [0.2, 0.25) is 5.02 Å². The number of phenolic OH excluding ortho intramolecular Hbond substituents is 1. The lowest BCUT2D eigenvalue weighted by molar-refractivity contribution is 0.0731. The Morgan fingerprint density at radius 2 is 1.81 bits per heavy atom. The number of para-hydroxylation sites is 2. The van der Waals surface area contributed by atoms with E-state index in [0.717, 1.165) is 28.6 Å². The number of H-pyrrole nitrogens is 1. The molecule has 0 aliphatic carbocycles. The van der Waals surface area contributed by atoms with Gasteiger partial charge in [0.05, 0.1) is 42.4 Å². The molecule has 1 amide bonds. The molecular weight excluding hydrogens is 490 g/mol. The summed E-state index contributed by atoms with van der Waals surface area (Å²) in [6.07, 6.45) is 1.38. The number of fused-ring (bicyclic) bond motifs is 1. The molecule has 0 fully saturated rings. The number of aromatic nitrogens is 2. The maximum Gasteiger partial charge on any atom is 0.255 e. The SMILES string of the molecule is COc1ccc(C(=O)N(CCC(C)C)Cc2nc3c(Cc4ccccc4O)cccc3[nH]2)c(Cl)c1OC. The van der Waals surface area contributed by atoms with Gasteiger partial charge in [0, 0.05) is 13.0 Å². The molecule has 0 radical (unpaired) electrons. The molecule has 0 saturated carbocycles. The predicted octanol–water partition coefficient (Wildman–Crippen LogP) is 6.22. The number of benzene rings is 3. The van der Waals surface area contributed by atoms with Gasteiger partial charge in [-0.25, -0.2) is 4.98 Å². The number of aromatic amines is 1. The number of nitrogens with one attached hydrogen (secondary N) is 1. The van der Waals surface area contributed by atoms with Gasteiger partial charge in [0.1, 0.15) is 11.6 Å². The lowest BCUT2D eigenvalue weighted by Crippen LogP contribution is -2.33. The molecule has 1 aromatic heterocycles. The summed E-state index contributed by atoms with van der Waals surface area (Å²) in [5, 5.41) is 10.5. The van der Waals surface area contributed by atoms with Gasteiger partial charge >= 0.3 is 0 Å². The van der Waals surface area contributed by atoms with Gasteiger partial charge in [0.25, 0.3) is 5.91 Å². The number of hydrogen-bond acceptors (Lipinski definition) is 5. The van der Waals surface area contributed by atoms with Crippen LogP contribution in [0.25, 0.3) is 11.0 Å². The standard InChI is InChI=1S/C29H32ClN3O4/c1-18(2)14-15-33(29(35)21-12-13-24(36-3)28(37-4)26(21)30)17-25-31-22-10-7-9-20(27(22)32-25)16-19-8-5-6-11-23(19)34/h5-13,18,34H,14-17H2,1-4H3,(H,31,32). The van der Waals surface area contributed by atoms with Crippen LogP contribution in [0.15, 0.2) is 54.6 Å². The third-order valence-electron chi connectivity index (χ3n) is 6.34. The Balaban J connectivity index is 1.65.